The van der Waals surface area contributed by atoms with E-state index in [-0.39, 0.29) is 22.3 Å². The van der Waals surface area contributed by atoms with Crippen LogP contribution in [0.25, 0.3) is 10.9 Å². The molecule has 1 atom stereocenters. The van der Waals surface area contributed by atoms with Gasteiger partial charge in [-0.3, -0.25) is 4.79 Å². The molecule has 35 heavy (non-hydrogen) atoms. The van der Waals surface area contributed by atoms with Gasteiger partial charge < -0.3 is 15.4 Å². The zero-order valence-corrected chi connectivity index (χ0v) is 20.2. The minimum Gasteiger partial charge on any atom is -0.479 e. The largest absolute Gasteiger partial charge is 0.479 e. The molecule has 2 aromatic carbocycles. The van der Waals surface area contributed by atoms with E-state index < -0.39 is 40.3 Å². The van der Waals surface area contributed by atoms with Crippen molar-refractivity contribution in [1.82, 2.24) is 15.3 Å². The molecule has 3 aromatic rings. The van der Waals surface area contributed by atoms with Gasteiger partial charge in [-0.05, 0) is 31.2 Å². The molecule has 1 aromatic heterocycles. The SMILES string of the molecule is C[C@@H](Oc1cc(F)ccc1Nc1ncnc2cc(N=S(C)(C)=O)cc(Cl)c12)C(=O)NCC(F)(F)F. The Morgan fingerprint density at radius 3 is 2.60 bits per heavy atom. The number of hydrogen-bond acceptors (Lipinski definition) is 7. The summed E-state index contributed by atoms with van der Waals surface area (Å²) < 4.78 is 72.6. The molecular formula is C21H20ClF4N5O3S. The summed E-state index contributed by atoms with van der Waals surface area (Å²) >= 11 is 6.42. The average Bonchev–Trinajstić information content (AvgIpc) is 2.72. The standard InChI is InChI=1S/C21H20ClF4N5O3S/c1-11(20(32)27-9-21(24,25)26)34-17-6-12(23)4-5-15(17)30-19-18-14(22)7-13(31-35(2,3)33)8-16(18)28-10-29-19/h4-8,10-11H,9H2,1-3H3,(H,27,32)(H,28,29,30)/t11-/m1/s1. The third kappa shape index (κ3) is 7.39. The molecular weight excluding hydrogens is 514 g/mol. The second kappa shape index (κ2) is 10.2. The van der Waals surface area contributed by atoms with Gasteiger partial charge in [-0.15, -0.1) is 0 Å². The van der Waals surface area contributed by atoms with Crippen LogP contribution in [0.15, 0.2) is 41.0 Å². The van der Waals surface area contributed by atoms with Gasteiger partial charge in [-0.25, -0.2) is 18.6 Å². The minimum atomic E-state index is -4.59. The van der Waals surface area contributed by atoms with Crippen molar-refractivity contribution in [2.24, 2.45) is 4.36 Å². The third-order valence-electron chi connectivity index (χ3n) is 4.33. The molecule has 0 bridgehead atoms. The number of benzene rings is 2. The van der Waals surface area contributed by atoms with Crippen molar-refractivity contribution in [3.63, 3.8) is 0 Å². The van der Waals surface area contributed by atoms with Crippen LogP contribution in [-0.2, 0) is 14.5 Å². The van der Waals surface area contributed by atoms with Crippen molar-refractivity contribution in [2.45, 2.75) is 19.2 Å². The van der Waals surface area contributed by atoms with Crippen LogP contribution in [0.4, 0.5) is 34.8 Å². The number of halogens is 5. The van der Waals surface area contributed by atoms with Gasteiger partial charge >= 0.3 is 6.18 Å². The fourth-order valence-electron chi connectivity index (χ4n) is 2.93. The lowest BCUT2D eigenvalue weighted by molar-refractivity contribution is -0.142. The fourth-order valence-corrected chi connectivity index (χ4v) is 3.84. The number of anilines is 2. The lowest BCUT2D eigenvalue weighted by Crippen LogP contribution is -2.41. The molecule has 0 aliphatic heterocycles. The lowest BCUT2D eigenvalue weighted by Gasteiger charge is -2.19. The van der Waals surface area contributed by atoms with Gasteiger partial charge in [0.1, 0.15) is 30.3 Å². The number of amides is 1. The lowest BCUT2D eigenvalue weighted by atomic mass is 10.2. The Labute approximate surface area is 203 Å². The number of carbonyl (C=O) groups is 1. The van der Waals surface area contributed by atoms with E-state index in [1.54, 1.807) is 11.4 Å². The highest BCUT2D eigenvalue weighted by atomic mass is 35.5. The molecule has 0 saturated heterocycles. The van der Waals surface area contributed by atoms with Gasteiger partial charge in [0.15, 0.2) is 6.10 Å². The summed E-state index contributed by atoms with van der Waals surface area (Å²) in [4.78, 5) is 20.3. The molecule has 14 heteroatoms. The van der Waals surface area contributed by atoms with Crippen molar-refractivity contribution in [1.29, 1.82) is 0 Å². The van der Waals surface area contributed by atoms with E-state index in [0.29, 0.717) is 16.6 Å². The molecule has 0 radical (unpaired) electrons. The van der Waals surface area contributed by atoms with Crippen LogP contribution in [0.3, 0.4) is 0 Å². The summed E-state index contributed by atoms with van der Waals surface area (Å²) in [5, 5.41) is 5.20. The normalized spacial score (nSPS) is 12.8. The third-order valence-corrected chi connectivity index (χ3v) is 5.28. The van der Waals surface area contributed by atoms with E-state index in [2.05, 4.69) is 19.6 Å². The Morgan fingerprint density at radius 2 is 1.94 bits per heavy atom. The molecule has 0 unspecified atom stereocenters. The summed E-state index contributed by atoms with van der Waals surface area (Å²) in [5.41, 5.74) is 0.894. The van der Waals surface area contributed by atoms with Crippen molar-refractivity contribution < 1.29 is 31.3 Å². The quantitative estimate of drug-likeness (QED) is 0.415. The molecule has 0 saturated carbocycles. The first kappa shape index (κ1) is 26.4. The van der Waals surface area contributed by atoms with E-state index in [1.807, 2.05) is 0 Å². The second-order valence-corrected chi connectivity index (χ2v) is 10.6. The molecule has 0 fully saturated rings. The van der Waals surface area contributed by atoms with Crippen LogP contribution >= 0.6 is 11.6 Å². The minimum absolute atomic E-state index is 0.147. The first-order valence-electron chi connectivity index (χ1n) is 9.91. The van der Waals surface area contributed by atoms with Crippen molar-refractivity contribution in [3.8, 4) is 5.75 Å². The summed E-state index contributed by atoms with van der Waals surface area (Å²) in [7, 11) is -2.45. The number of fused-ring (bicyclic) bond motifs is 1. The second-order valence-electron chi connectivity index (χ2n) is 7.68. The molecule has 1 amide bonds. The number of hydrogen-bond donors (Lipinski definition) is 2. The van der Waals surface area contributed by atoms with Crippen LogP contribution in [0, 0.1) is 5.82 Å². The highest BCUT2D eigenvalue weighted by molar-refractivity contribution is 7.92. The number of alkyl halides is 3. The first-order valence-corrected chi connectivity index (χ1v) is 12.6. The van der Waals surface area contributed by atoms with Gasteiger partial charge in [-0.2, -0.15) is 17.5 Å². The average molecular weight is 534 g/mol. The van der Waals surface area contributed by atoms with Crippen LogP contribution in [0.5, 0.6) is 5.75 Å². The first-order chi connectivity index (χ1) is 16.2. The van der Waals surface area contributed by atoms with E-state index in [4.69, 9.17) is 16.3 Å². The van der Waals surface area contributed by atoms with E-state index in [0.717, 1.165) is 12.1 Å². The van der Waals surface area contributed by atoms with Gasteiger partial charge in [0.2, 0.25) is 0 Å². The monoisotopic (exact) mass is 533 g/mol. The van der Waals surface area contributed by atoms with Crippen LogP contribution in [0.2, 0.25) is 5.02 Å². The maximum atomic E-state index is 13.9. The van der Waals surface area contributed by atoms with Gasteiger partial charge in [0.25, 0.3) is 5.91 Å². The van der Waals surface area contributed by atoms with Gasteiger partial charge in [0, 0.05) is 28.3 Å². The molecule has 188 valence electrons. The topological polar surface area (TPSA) is 106 Å². The van der Waals surface area contributed by atoms with Gasteiger partial charge in [-0.1, -0.05) is 11.6 Å². The molecule has 0 spiro atoms. The van der Waals surface area contributed by atoms with E-state index in [1.165, 1.54) is 37.9 Å². The number of carbonyl (C=O) groups excluding carboxylic acids is 1. The number of aromatic nitrogens is 2. The van der Waals surface area contributed by atoms with Gasteiger partial charge in [0.05, 0.1) is 27.3 Å². The highest BCUT2D eigenvalue weighted by Gasteiger charge is 2.29. The molecule has 1 heterocycles. The van der Waals surface area contributed by atoms with Crippen molar-refractivity contribution in [2.75, 3.05) is 24.4 Å². The Morgan fingerprint density at radius 1 is 1.23 bits per heavy atom. The van der Waals surface area contributed by atoms with Crippen molar-refractivity contribution >= 4 is 55.3 Å². The predicted octanol–water partition coefficient (Wildman–Crippen LogP) is 4.97. The number of rotatable bonds is 7. The van der Waals surface area contributed by atoms with Crippen LogP contribution in [0.1, 0.15) is 6.92 Å². The summed E-state index contributed by atoms with van der Waals surface area (Å²) in [5.74, 6) is -1.68. The Bertz CT molecular complexity index is 1390. The maximum absolute atomic E-state index is 13.9. The molecule has 3 rings (SSSR count). The zero-order valence-electron chi connectivity index (χ0n) is 18.6. The predicted molar refractivity (Wildman–Crippen MR) is 125 cm³/mol. The smallest absolute Gasteiger partial charge is 0.405 e. The number of nitrogens with one attached hydrogen (secondary N) is 2. The van der Waals surface area contributed by atoms with E-state index in [9.17, 15) is 26.6 Å². The Hall–Kier alpha value is -3.19. The number of ether oxygens (including phenoxy) is 1. The Kier molecular flexibility index (Phi) is 7.70. The summed E-state index contributed by atoms with van der Waals surface area (Å²) in [6, 6.07) is 6.44. The van der Waals surface area contributed by atoms with Crippen LogP contribution < -0.4 is 15.4 Å². The molecule has 8 nitrogen and oxygen atoms in total. The maximum Gasteiger partial charge on any atom is 0.405 e. The fraction of sp³-hybridized carbons (Fsp3) is 0.286. The molecule has 0 aliphatic carbocycles. The molecule has 2 N–H and O–H groups in total. The van der Waals surface area contributed by atoms with Crippen LogP contribution in [-0.4, -0.2) is 51.4 Å². The number of nitrogens with zero attached hydrogens (tertiary/aromatic N) is 3. The highest BCUT2D eigenvalue weighted by Crippen LogP contribution is 2.36. The summed E-state index contributed by atoms with van der Waals surface area (Å²) in [6.45, 7) is -0.305. The van der Waals surface area contributed by atoms with Crippen molar-refractivity contribution in [3.05, 3.63) is 47.5 Å². The zero-order chi connectivity index (χ0) is 26.0. The molecule has 0 aliphatic rings. The Balaban J connectivity index is 1.93. The summed E-state index contributed by atoms with van der Waals surface area (Å²) in [6.07, 6.45) is -1.78. The van der Waals surface area contributed by atoms with E-state index >= 15 is 0 Å².